The van der Waals surface area contributed by atoms with Gasteiger partial charge in [-0.25, -0.2) is 9.78 Å². The van der Waals surface area contributed by atoms with Crippen LogP contribution in [0.15, 0.2) is 5.38 Å². The van der Waals surface area contributed by atoms with Crippen molar-refractivity contribution >= 4 is 23.2 Å². The number of aromatic nitrogens is 1. The van der Waals surface area contributed by atoms with Gasteiger partial charge in [0, 0.05) is 11.4 Å². The second-order valence-corrected chi connectivity index (χ2v) is 5.80. The molecule has 2 N–H and O–H groups in total. The van der Waals surface area contributed by atoms with E-state index in [1.54, 1.807) is 0 Å². The number of carbonyl (C=O) groups excluding carboxylic acids is 1. The van der Waals surface area contributed by atoms with E-state index in [9.17, 15) is 9.59 Å². The Morgan fingerprint density at radius 3 is 2.63 bits per heavy atom. The molecule has 1 aromatic rings. The Kier molecular flexibility index (Phi) is 4.52. The Bertz CT molecular complexity index is 464. The zero-order valence-electron chi connectivity index (χ0n) is 10.9. The van der Waals surface area contributed by atoms with E-state index in [-0.39, 0.29) is 22.7 Å². The molecule has 0 unspecified atom stereocenters. The molecule has 5 nitrogen and oxygen atoms in total. The molecule has 1 heterocycles. The second kappa shape index (κ2) is 6.14. The van der Waals surface area contributed by atoms with Gasteiger partial charge in [-0.1, -0.05) is 13.3 Å². The van der Waals surface area contributed by atoms with Gasteiger partial charge in [-0.2, -0.15) is 0 Å². The Balaban J connectivity index is 1.88. The van der Waals surface area contributed by atoms with Crippen molar-refractivity contribution in [2.75, 3.05) is 0 Å². The highest BCUT2D eigenvalue weighted by Gasteiger charge is 2.23. The highest BCUT2D eigenvalue weighted by atomic mass is 32.1. The Morgan fingerprint density at radius 2 is 2.11 bits per heavy atom. The van der Waals surface area contributed by atoms with Crippen molar-refractivity contribution in [3.63, 3.8) is 0 Å². The molecule has 2 rings (SSSR count). The van der Waals surface area contributed by atoms with E-state index in [0.717, 1.165) is 42.9 Å². The largest absolute Gasteiger partial charge is 0.476 e. The van der Waals surface area contributed by atoms with Crippen molar-refractivity contribution in [3.8, 4) is 0 Å². The van der Waals surface area contributed by atoms with Crippen LogP contribution in [0.4, 0.5) is 0 Å². The van der Waals surface area contributed by atoms with Gasteiger partial charge in [0.1, 0.15) is 0 Å². The first-order valence-corrected chi connectivity index (χ1v) is 7.47. The van der Waals surface area contributed by atoms with Crippen LogP contribution in [0.25, 0.3) is 0 Å². The number of carboxylic acid groups (broad SMARTS) is 1. The molecular formula is C13H18N2O3S. The summed E-state index contributed by atoms with van der Waals surface area (Å²) in [4.78, 5) is 26.5. The minimum absolute atomic E-state index is 0.0650. The molecule has 0 bridgehead atoms. The maximum atomic E-state index is 11.9. The molecule has 1 amide bonds. The maximum absolute atomic E-state index is 11.9. The number of aromatic carboxylic acids is 1. The van der Waals surface area contributed by atoms with Gasteiger partial charge in [0.15, 0.2) is 10.7 Å². The summed E-state index contributed by atoms with van der Waals surface area (Å²) in [7, 11) is 0. The standard InChI is InChI=1S/C13H18N2O3S/c1-2-8-3-5-9(6-4-8)14-11(16)12-15-10(7-19-12)13(17)18/h7-9H,2-6H2,1H3,(H,14,16)(H,17,18). The van der Waals surface area contributed by atoms with Crippen LogP contribution in [0.3, 0.4) is 0 Å². The van der Waals surface area contributed by atoms with Gasteiger partial charge in [-0.3, -0.25) is 4.79 Å². The van der Waals surface area contributed by atoms with Crippen molar-refractivity contribution in [2.24, 2.45) is 5.92 Å². The van der Waals surface area contributed by atoms with Crippen LogP contribution < -0.4 is 5.32 Å². The van der Waals surface area contributed by atoms with Crippen LogP contribution in [-0.4, -0.2) is 28.0 Å². The monoisotopic (exact) mass is 282 g/mol. The zero-order valence-corrected chi connectivity index (χ0v) is 11.7. The number of hydrogen-bond donors (Lipinski definition) is 2. The Labute approximate surface area is 116 Å². The Morgan fingerprint density at radius 1 is 1.42 bits per heavy atom. The second-order valence-electron chi connectivity index (χ2n) is 4.94. The van der Waals surface area contributed by atoms with Crippen LogP contribution in [0, 0.1) is 5.92 Å². The summed E-state index contributed by atoms with van der Waals surface area (Å²) >= 11 is 1.08. The maximum Gasteiger partial charge on any atom is 0.355 e. The highest BCUT2D eigenvalue weighted by Crippen LogP contribution is 2.26. The number of carboxylic acids is 1. The molecule has 0 aliphatic heterocycles. The molecule has 0 saturated heterocycles. The average molecular weight is 282 g/mol. The van der Waals surface area contributed by atoms with E-state index in [4.69, 9.17) is 5.11 Å². The molecule has 6 heteroatoms. The van der Waals surface area contributed by atoms with Crippen LogP contribution >= 0.6 is 11.3 Å². The lowest BCUT2D eigenvalue weighted by atomic mass is 9.84. The molecule has 0 radical (unpaired) electrons. The predicted octanol–water partition coefficient (Wildman–Crippen LogP) is 2.54. The molecular weight excluding hydrogens is 264 g/mol. The van der Waals surface area contributed by atoms with Crippen LogP contribution in [-0.2, 0) is 0 Å². The molecule has 104 valence electrons. The molecule has 1 aromatic heterocycles. The Hall–Kier alpha value is -1.43. The fourth-order valence-electron chi connectivity index (χ4n) is 2.44. The minimum atomic E-state index is -1.10. The van der Waals surface area contributed by atoms with Crippen molar-refractivity contribution < 1.29 is 14.7 Å². The molecule has 0 atom stereocenters. The third kappa shape index (κ3) is 3.53. The summed E-state index contributed by atoms with van der Waals surface area (Å²) in [5, 5.41) is 13.3. The topological polar surface area (TPSA) is 79.3 Å². The zero-order chi connectivity index (χ0) is 13.8. The van der Waals surface area contributed by atoms with Gasteiger partial charge in [0.2, 0.25) is 0 Å². The number of rotatable bonds is 4. The first kappa shape index (κ1) is 14.0. The third-order valence-corrected chi connectivity index (χ3v) is 4.52. The number of nitrogens with one attached hydrogen (secondary N) is 1. The summed E-state index contributed by atoms with van der Waals surface area (Å²) in [6.07, 6.45) is 5.51. The van der Waals surface area contributed by atoms with Gasteiger partial charge < -0.3 is 10.4 Å². The molecule has 1 fully saturated rings. The fourth-order valence-corrected chi connectivity index (χ4v) is 3.13. The van der Waals surface area contributed by atoms with Crippen LogP contribution in [0.2, 0.25) is 0 Å². The smallest absolute Gasteiger partial charge is 0.355 e. The highest BCUT2D eigenvalue weighted by molar-refractivity contribution is 7.11. The molecule has 1 aliphatic carbocycles. The van der Waals surface area contributed by atoms with E-state index in [0.29, 0.717) is 0 Å². The van der Waals surface area contributed by atoms with Gasteiger partial charge in [0.25, 0.3) is 5.91 Å². The van der Waals surface area contributed by atoms with E-state index in [1.807, 2.05) is 0 Å². The van der Waals surface area contributed by atoms with Gasteiger partial charge in [-0.05, 0) is 31.6 Å². The van der Waals surface area contributed by atoms with E-state index < -0.39 is 5.97 Å². The number of carbonyl (C=O) groups is 2. The summed E-state index contributed by atoms with van der Waals surface area (Å²) in [5.41, 5.74) is -0.0650. The fraction of sp³-hybridized carbons (Fsp3) is 0.615. The minimum Gasteiger partial charge on any atom is -0.476 e. The normalized spacial score (nSPS) is 23.0. The quantitative estimate of drug-likeness (QED) is 0.889. The third-order valence-electron chi connectivity index (χ3n) is 3.68. The van der Waals surface area contributed by atoms with Crippen molar-refractivity contribution in [1.29, 1.82) is 0 Å². The SMILES string of the molecule is CCC1CCC(NC(=O)c2nc(C(=O)O)cs2)CC1. The molecule has 1 saturated carbocycles. The van der Waals surface area contributed by atoms with Gasteiger partial charge >= 0.3 is 5.97 Å². The lowest BCUT2D eigenvalue weighted by molar-refractivity contribution is 0.0691. The lowest BCUT2D eigenvalue weighted by Crippen LogP contribution is -2.37. The van der Waals surface area contributed by atoms with Gasteiger partial charge in [-0.15, -0.1) is 11.3 Å². The van der Waals surface area contributed by atoms with E-state index >= 15 is 0 Å². The molecule has 19 heavy (non-hydrogen) atoms. The number of hydrogen-bond acceptors (Lipinski definition) is 4. The summed E-state index contributed by atoms with van der Waals surface area (Å²) in [6.45, 7) is 2.20. The molecule has 0 spiro atoms. The van der Waals surface area contributed by atoms with Crippen LogP contribution in [0.5, 0.6) is 0 Å². The molecule has 1 aliphatic rings. The van der Waals surface area contributed by atoms with Crippen molar-refractivity contribution in [2.45, 2.75) is 45.1 Å². The van der Waals surface area contributed by atoms with Crippen molar-refractivity contribution in [3.05, 3.63) is 16.1 Å². The van der Waals surface area contributed by atoms with Gasteiger partial charge in [0.05, 0.1) is 0 Å². The van der Waals surface area contributed by atoms with E-state index in [1.165, 1.54) is 11.8 Å². The average Bonchev–Trinajstić information content (AvgIpc) is 2.89. The summed E-state index contributed by atoms with van der Waals surface area (Å²) in [6, 6.07) is 0.201. The van der Waals surface area contributed by atoms with Crippen LogP contribution in [0.1, 0.15) is 59.3 Å². The first-order valence-electron chi connectivity index (χ1n) is 6.59. The van der Waals surface area contributed by atoms with E-state index in [2.05, 4.69) is 17.2 Å². The first-order chi connectivity index (χ1) is 9.10. The number of amides is 1. The molecule has 0 aromatic carbocycles. The lowest BCUT2D eigenvalue weighted by Gasteiger charge is -2.28. The summed E-state index contributed by atoms with van der Waals surface area (Å²) < 4.78 is 0. The summed E-state index contributed by atoms with van der Waals surface area (Å²) in [5.74, 6) is -0.567. The van der Waals surface area contributed by atoms with Crippen molar-refractivity contribution in [1.82, 2.24) is 10.3 Å². The predicted molar refractivity (Wildman–Crippen MR) is 72.6 cm³/mol. The number of nitrogens with zero attached hydrogens (tertiary/aromatic N) is 1. The number of thiazole rings is 1.